The van der Waals surface area contributed by atoms with Crippen molar-refractivity contribution in [3.05, 3.63) is 58.6 Å². The van der Waals surface area contributed by atoms with Gasteiger partial charge in [-0.2, -0.15) is 0 Å². The van der Waals surface area contributed by atoms with E-state index in [1.807, 2.05) is 49.4 Å². The van der Waals surface area contributed by atoms with Gasteiger partial charge in [-0.05, 0) is 38.1 Å². The molecule has 0 aliphatic heterocycles. The van der Waals surface area contributed by atoms with E-state index in [1.54, 1.807) is 18.3 Å². The minimum absolute atomic E-state index is 0.0120. The standard InChI is InChI=1S/C17H15NO2S/c1-11-7-8-15(13(9-11)12(2)19)20-10-17-18-14-5-3-4-6-16(14)21-17/h3-9H,10H2,1-2H3. The van der Waals surface area contributed by atoms with Gasteiger partial charge in [-0.1, -0.05) is 23.8 Å². The van der Waals surface area contributed by atoms with E-state index in [0.29, 0.717) is 17.9 Å². The van der Waals surface area contributed by atoms with Gasteiger partial charge < -0.3 is 4.74 Å². The van der Waals surface area contributed by atoms with E-state index in [9.17, 15) is 4.79 Å². The largest absolute Gasteiger partial charge is 0.486 e. The molecular weight excluding hydrogens is 282 g/mol. The lowest BCUT2D eigenvalue weighted by molar-refractivity contribution is 0.101. The molecule has 21 heavy (non-hydrogen) atoms. The Kier molecular flexibility index (Phi) is 3.71. The lowest BCUT2D eigenvalue weighted by Crippen LogP contribution is -2.01. The van der Waals surface area contributed by atoms with Crippen molar-refractivity contribution >= 4 is 27.3 Å². The van der Waals surface area contributed by atoms with Crippen LogP contribution in [0.2, 0.25) is 0 Å². The molecule has 4 heteroatoms. The normalized spacial score (nSPS) is 10.8. The van der Waals surface area contributed by atoms with Crippen LogP contribution in [0, 0.1) is 6.92 Å². The number of hydrogen-bond acceptors (Lipinski definition) is 4. The lowest BCUT2D eigenvalue weighted by atomic mass is 10.1. The Bertz CT molecular complexity index is 774. The Hall–Kier alpha value is -2.20. The summed E-state index contributed by atoms with van der Waals surface area (Å²) in [7, 11) is 0. The highest BCUT2D eigenvalue weighted by Gasteiger charge is 2.10. The molecule has 0 unspecified atom stereocenters. The van der Waals surface area contributed by atoms with Gasteiger partial charge >= 0.3 is 0 Å². The van der Waals surface area contributed by atoms with Crippen molar-refractivity contribution in [1.29, 1.82) is 0 Å². The smallest absolute Gasteiger partial charge is 0.163 e. The molecule has 0 aliphatic carbocycles. The molecule has 0 fully saturated rings. The zero-order valence-corrected chi connectivity index (χ0v) is 12.7. The second kappa shape index (κ2) is 5.66. The first kappa shape index (κ1) is 13.8. The number of aryl methyl sites for hydroxylation is 1. The van der Waals surface area contributed by atoms with Crippen LogP contribution >= 0.6 is 11.3 Å². The Labute approximate surface area is 127 Å². The molecule has 0 spiro atoms. The van der Waals surface area contributed by atoms with Crippen LogP contribution in [-0.2, 0) is 6.61 Å². The van der Waals surface area contributed by atoms with E-state index < -0.39 is 0 Å². The van der Waals surface area contributed by atoms with Crippen LogP contribution in [0.15, 0.2) is 42.5 Å². The fourth-order valence-corrected chi connectivity index (χ4v) is 3.05. The van der Waals surface area contributed by atoms with Crippen LogP contribution in [0.4, 0.5) is 0 Å². The van der Waals surface area contributed by atoms with Gasteiger partial charge in [0.05, 0.1) is 15.8 Å². The van der Waals surface area contributed by atoms with Gasteiger partial charge in [-0.25, -0.2) is 4.98 Å². The number of ketones is 1. The minimum Gasteiger partial charge on any atom is -0.486 e. The first-order chi connectivity index (χ1) is 10.1. The Balaban J connectivity index is 1.83. The molecule has 1 heterocycles. The fraction of sp³-hybridized carbons (Fsp3) is 0.176. The maximum absolute atomic E-state index is 11.7. The average molecular weight is 297 g/mol. The van der Waals surface area contributed by atoms with E-state index in [2.05, 4.69) is 4.98 Å². The van der Waals surface area contributed by atoms with Crippen molar-refractivity contribution in [3.8, 4) is 5.75 Å². The van der Waals surface area contributed by atoms with Crippen molar-refractivity contribution in [2.45, 2.75) is 20.5 Å². The van der Waals surface area contributed by atoms with Crippen LogP contribution in [0.5, 0.6) is 5.75 Å². The topological polar surface area (TPSA) is 39.2 Å². The quantitative estimate of drug-likeness (QED) is 0.671. The number of carbonyl (C=O) groups excluding carboxylic acids is 1. The van der Waals surface area contributed by atoms with Crippen LogP contribution < -0.4 is 4.74 Å². The SMILES string of the molecule is CC(=O)c1cc(C)ccc1OCc1nc2ccccc2s1. The summed E-state index contributed by atoms with van der Waals surface area (Å²) in [5, 5.41) is 0.909. The number of ether oxygens (including phenoxy) is 1. The summed E-state index contributed by atoms with van der Waals surface area (Å²) in [5.74, 6) is 0.630. The van der Waals surface area contributed by atoms with Crippen molar-refractivity contribution in [2.24, 2.45) is 0 Å². The predicted molar refractivity (Wildman–Crippen MR) is 85.1 cm³/mol. The van der Waals surface area contributed by atoms with Gasteiger partial charge in [0.15, 0.2) is 5.78 Å². The molecule has 0 bridgehead atoms. The number of thiazole rings is 1. The van der Waals surface area contributed by atoms with E-state index >= 15 is 0 Å². The van der Waals surface area contributed by atoms with E-state index in [0.717, 1.165) is 20.8 Å². The first-order valence-electron chi connectivity index (χ1n) is 6.72. The van der Waals surface area contributed by atoms with Gasteiger partial charge in [0.2, 0.25) is 0 Å². The molecular formula is C17H15NO2S. The summed E-state index contributed by atoms with van der Waals surface area (Å²) < 4.78 is 6.94. The average Bonchev–Trinajstić information content (AvgIpc) is 2.88. The highest BCUT2D eigenvalue weighted by molar-refractivity contribution is 7.18. The lowest BCUT2D eigenvalue weighted by Gasteiger charge is -2.09. The van der Waals surface area contributed by atoms with Crippen LogP contribution in [-0.4, -0.2) is 10.8 Å². The summed E-state index contributed by atoms with van der Waals surface area (Å²) in [6.07, 6.45) is 0. The molecule has 0 atom stereocenters. The summed E-state index contributed by atoms with van der Waals surface area (Å²) in [4.78, 5) is 16.2. The van der Waals surface area contributed by atoms with Gasteiger partial charge in [0.25, 0.3) is 0 Å². The maximum atomic E-state index is 11.7. The number of aromatic nitrogens is 1. The van der Waals surface area contributed by atoms with Crippen molar-refractivity contribution in [2.75, 3.05) is 0 Å². The predicted octanol–water partition coefficient (Wildman–Crippen LogP) is 4.39. The Morgan fingerprint density at radius 3 is 2.81 bits per heavy atom. The molecule has 106 valence electrons. The Morgan fingerprint density at radius 2 is 2.05 bits per heavy atom. The molecule has 2 aromatic carbocycles. The number of rotatable bonds is 4. The second-order valence-electron chi connectivity index (χ2n) is 4.92. The number of fused-ring (bicyclic) bond motifs is 1. The molecule has 3 rings (SSSR count). The minimum atomic E-state index is 0.0120. The van der Waals surface area contributed by atoms with Crippen molar-refractivity contribution in [3.63, 3.8) is 0 Å². The number of hydrogen-bond donors (Lipinski definition) is 0. The summed E-state index contributed by atoms with van der Waals surface area (Å²) in [5.41, 5.74) is 2.65. The van der Waals surface area contributed by atoms with Crippen molar-refractivity contribution < 1.29 is 9.53 Å². The van der Waals surface area contributed by atoms with E-state index in [4.69, 9.17) is 4.74 Å². The summed E-state index contributed by atoms with van der Waals surface area (Å²) in [6.45, 7) is 3.89. The number of para-hydroxylation sites is 1. The van der Waals surface area contributed by atoms with Crippen LogP contribution in [0.3, 0.4) is 0 Å². The molecule has 0 amide bonds. The zero-order valence-electron chi connectivity index (χ0n) is 11.9. The van der Waals surface area contributed by atoms with Gasteiger partial charge in [0.1, 0.15) is 17.4 Å². The van der Waals surface area contributed by atoms with E-state index in [1.165, 1.54) is 0 Å². The monoisotopic (exact) mass is 297 g/mol. The first-order valence-corrected chi connectivity index (χ1v) is 7.54. The molecule has 3 nitrogen and oxygen atoms in total. The van der Waals surface area contributed by atoms with E-state index in [-0.39, 0.29) is 5.78 Å². The van der Waals surface area contributed by atoms with Crippen molar-refractivity contribution in [1.82, 2.24) is 4.98 Å². The molecule has 0 aliphatic rings. The van der Waals surface area contributed by atoms with Gasteiger partial charge in [0, 0.05) is 0 Å². The third kappa shape index (κ3) is 2.95. The Morgan fingerprint density at radius 1 is 1.24 bits per heavy atom. The molecule has 3 aromatic rings. The van der Waals surface area contributed by atoms with Crippen LogP contribution in [0.25, 0.3) is 10.2 Å². The third-order valence-corrected chi connectivity index (χ3v) is 4.21. The maximum Gasteiger partial charge on any atom is 0.163 e. The molecule has 0 saturated carbocycles. The molecule has 1 aromatic heterocycles. The fourth-order valence-electron chi connectivity index (χ4n) is 2.17. The molecule has 0 saturated heterocycles. The molecule has 0 N–H and O–H groups in total. The highest BCUT2D eigenvalue weighted by Crippen LogP contribution is 2.25. The summed E-state index contributed by atoms with van der Waals surface area (Å²) >= 11 is 1.61. The third-order valence-electron chi connectivity index (χ3n) is 3.20. The number of Topliss-reactive ketones (excluding diaryl/α,β-unsaturated/α-hetero) is 1. The number of nitrogens with zero attached hydrogens (tertiary/aromatic N) is 1. The highest BCUT2D eigenvalue weighted by atomic mass is 32.1. The zero-order chi connectivity index (χ0) is 14.8. The van der Waals surface area contributed by atoms with Gasteiger partial charge in [-0.15, -0.1) is 11.3 Å². The second-order valence-corrected chi connectivity index (χ2v) is 6.04. The summed E-state index contributed by atoms with van der Waals surface area (Å²) in [6, 6.07) is 13.7. The van der Waals surface area contributed by atoms with Gasteiger partial charge in [-0.3, -0.25) is 4.79 Å². The number of carbonyl (C=O) groups is 1. The molecule has 0 radical (unpaired) electrons. The van der Waals surface area contributed by atoms with Crippen LogP contribution in [0.1, 0.15) is 27.9 Å². The number of benzene rings is 2.